The lowest BCUT2D eigenvalue weighted by Gasteiger charge is -2.20. The predicted octanol–water partition coefficient (Wildman–Crippen LogP) is 0.469. The Morgan fingerprint density at radius 2 is 2.08 bits per heavy atom. The van der Waals surface area contributed by atoms with Crippen LogP contribution in [0.3, 0.4) is 0 Å². The smallest absolute Gasteiger partial charge is 0.323 e. The average Bonchev–Trinajstić information content (AvgIpc) is 2.01. The van der Waals surface area contributed by atoms with Gasteiger partial charge in [0.15, 0.2) is 7.37 Å². The molecule has 0 amide bonds. The van der Waals surface area contributed by atoms with Crippen molar-refractivity contribution in [2.75, 3.05) is 12.3 Å². The van der Waals surface area contributed by atoms with Crippen LogP contribution in [-0.4, -0.2) is 33.8 Å². The largest absolute Gasteiger partial charge is 0.480 e. The quantitative estimate of drug-likeness (QED) is 0.571. The van der Waals surface area contributed by atoms with Gasteiger partial charge in [-0.15, -0.1) is 0 Å². The molecule has 0 rings (SSSR count). The van der Waals surface area contributed by atoms with Crippen molar-refractivity contribution in [2.45, 2.75) is 25.8 Å². The number of hydrogen-bond acceptors (Lipinski definition) is 3. The summed E-state index contributed by atoms with van der Waals surface area (Å²) in [5, 5.41) is 8.61. The molecule has 0 aromatic rings. The fourth-order valence-corrected chi connectivity index (χ4v) is 1.80. The van der Waals surface area contributed by atoms with Crippen LogP contribution in [0.1, 0.15) is 20.3 Å². The van der Waals surface area contributed by atoms with E-state index in [9.17, 15) is 14.3 Å². The van der Waals surface area contributed by atoms with Crippen LogP contribution in [0.15, 0.2) is 0 Å². The highest BCUT2D eigenvalue weighted by molar-refractivity contribution is 7.57. The molecule has 0 spiro atoms. The molecule has 2 atom stereocenters. The Hall–Kier alpha value is -0.380. The number of rotatable bonds is 5. The lowest BCUT2D eigenvalue weighted by molar-refractivity contribution is -0.142. The summed E-state index contributed by atoms with van der Waals surface area (Å²) in [6, 6.07) is 0. The summed E-state index contributed by atoms with van der Waals surface area (Å²) in [5.74, 6) is -1.15. The van der Waals surface area contributed by atoms with Crippen molar-refractivity contribution in [1.29, 1.82) is 0 Å². The van der Waals surface area contributed by atoms with Crippen molar-refractivity contribution in [3.63, 3.8) is 0 Å². The number of hydrogen-bond donors (Lipinski definition) is 3. The van der Waals surface area contributed by atoms with E-state index in [0.29, 0.717) is 0 Å². The van der Waals surface area contributed by atoms with Gasteiger partial charge < -0.3 is 15.7 Å². The second-order valence-corrected chi connectivity index (χ2v) is 6.13. The van der Waals surface area contributed by atoms with E-state index >= 15 is 0 Å². The van der Waals surface area contributed by atoms with E-state index in [2.05, 4.69) is 0 Å². The number of carbonyl (C=O) groups is 1. The lowest BCUT2D eigenvalue weighted by Crippen LogP contribution is -2.45. The van der Waals surface area contributed by atoms with Crippen molar-refractivity contribution in [3.8, 4) is 0 Å². The summed E-state index contributed by atoms with van der Waals surface area (Å²) in [7, 11) is -3.15. The molecule has 5 nitrogen and oxygen atoms in total. The van der Waals surface area contributed by atoms with Gasteiger partial charge >= 0.3 is 5.97 Å². The van der Waals surface area contributed by atoms with E-state index < -0.39 is 18.9 Å². The molecule has 6 heteroatoms. The first-order valence-corrected chi connectivity index (χ1v) is 6.07. The maximum atomic E-state index is 11.2. The van der Waals surface area contributed by atoms with Gasteiger partial charge in [0.1, 0.15) is 5.54 Å². The molecule has 13 heavy (non-hydrogen) atoms. The van der Waals surface area contributed by atoms with Gasteiger partial charge in [0, 0.05) is 12.3 Å². The van der Waals surface area contributed by atoms with E-state index in [1.165, 1.54) is 6.92 Å². The highest BCUT2D eigenvalue weighted by Gasteiger charge is 2.30. The van der Waals surface area contributed by atoms with E-state index in [-0.39, 0.29) is 18.7 Å². The molecule has 0 fully saturated rings. The molecule has 1 unspecified atom stereocenters. The van der Waals surface area contributed by atoms with Gasteiger partial charge in [-0.25, -0.2) is 0 Å². The minimum Gasteiger partial charge on any atom is -0.480 e. The Morgan fingerprint density at radius 1 is 1.62 bits per heavy atom. The van der Waals surface area contributed by atoms with Crippen LogP contribution < -0.4 is 5.73 Å². The van der Waals surface area contributed by atoms with Crippen LogP contribution in [0.2, 0.25) is 0 Å². The first-order valence-electron chi connectivity index (χ1n) is 4.04. The SMILES string of the molecule is CCP(=O)(O)CC[C@](C)(N)C(=O)O. The maximum absolute atomic E-state index is 11.2. The fraction of sp³-hybridized carbons (Fsp3) is 0.857. The van der Waals surface area contributed by atoms with E-state index in [1.807, 2.05) is 0 Å². The molecule has 4 N–H and O–H groups in total. The van der Waals surface area contributed by atoms with Crippen LogP contribution in [0.25, 0.3) is 0 Å². The molecular weight excluding hydrogens is 193 g/mol. The third kappa shape index (κ3) is 4.41. The Labute approximate surface area is 77.4 Å². The highest BCUT2D eigenvalue weighted by atomic mass is 31.2. The average molecular weight is 209 g/mol. The molecule has 0 heterocycles. The Morgan fingerprint density at radius 3 is 2.38 bits per heavy atom. The summed E-state index contributed by atoms with van der Waals surface area (Å²) in [4.78, 5) is 19.7. The second-order valence-electron chi connectivity index (χ2n) is 3.36. The maximum Gasteiger partial charge on any atom is 0.323 e. The molecule has 0 aliphatic rings. The molecule has 0 saturated carbocycles. The van der Waals surface area contributed by atoms with Crippen LogP contribution in [0.4, 0.5) is 0 Å². The van der Waals surface area contributed by atoms with Crippen molar-refractivity contribution in [2.24, 2.45) is 5.73 Å². The van der Waals surface area contributed by atoms with Gasteiger partial charge in [-0.05, 0) is 13.3 Å². The number of aliphatic carboxylic acids is 1. The normalized spacial score (nSPS) is 20.3. The zero-order valence-corrected chi connectivity index (χ0v) is 8.75. The van der Waals surface area contributed by atoms with Crippen molar-refractivity contribution >= 4 is 13.3 Å². The van der Waals surface area contributed by atoms with Gasteiger partial charge in [-0.3, -0.25) is 9.36 Å². The molecule has 0 bridgehead atoms. The number of nitrogens with two attached hydrogens (primary N) is 1. The molecular formula is C7H16NO4P. The Kier molecular flexibility index (Phi) is 4.10. The Bertz CT molecular complexity index is 239. The molecule has 0 radical (unpaired) electrons. The summed E-state index contributed by atoms with van der Waals surface area (Å²) in [5.41, 5.74) is 3.98. The molecule has 0 saturated heterocycles. The van der Waals surface area contributed by atoms with Crippen LogP contribution in [-0.2, 0) is 9.36 Å². The molecule has 0 aliphatic carbocycles. The van der Waals surface area contributed by atoms with Crippen molar-refractivity contribution < 1.29 is 19.4 Å². The van der Waals surface area contributed by atoms with Crippen LogP contribution in [0, 0.1) is 0 Å². The monoisotopic (exact) mass is 209 g/mol. The topological polar surface area (TPSA) is 101 Å². The van der Waals surface area contributed by atoms with E-state index in [1.54, 1.807) is 6.92 Å². The Balaban J connectivity index is 4.18. The molecule has 0 aliphatic heterocycles. The van der Waals surface area contributed by atoms with Crippen LogP contribution in [0.5, 0.6) is 0 Å². The van der Waals surface area contributed by atoms with E-state index in [0.717, 1.165) is 0 Å². The number of carboxylic acids is 1. The van der Waals surface area contributed by atoms with Crippen LogP contribution >= 0.6 is 7.37 Å². The highest BCUT2D eigenvalue weighted by Crippen LogP contribution is 2.41. The zero-order chi connectivity index (χ0) is 10.7. The zero-order valence-electron chi connectivity index (χ0n) is 7.86. The number of carboxylic acid groups (broad SMARTS) is 1. The molecule has 0 aromatic carbocycles. The van der Waals surface area contributed by atoms with Gasteiger partial charge in [-0.1, -0.05) is 6.92 Å². The third-order valence-electron chi connectivity index (χ3n) is 1.96. The minimum atomic E-state index is -3.15. The van der Waals surface area contributed by atoms with E-state index in [4.69, 9.17) is 10.8 Å². The minimum absolute atomic E-state index is 0.0178. The fourth-order valence-electron chi connectivity index (χ4n) is 0.672. The summed E-state index contributed by atoms with van der Waals surface area (Å²) in [6.07, 6.45) is 0.134. The lowest BCUT2D eigenvalue weighted by atomic mass is 10.0. The summed E-state index contributed by atoms with van der Waals surface area (Å²) in [6.45, 7) is 2.93. The third-order valence-corrected chi connectivity index (χ3v) is 3.87. The first kappa shape index (κ1) is 12.6. The summed E-state index contributed by atoms with van der Waals surface area (Å²) < 4.78 is 11.2. The first-order chi connectivity index (χ1) is 5.71. The van der Waals surface area contributed by atoms with Crippen molar-refractivity contribution in [3.05, 3.63) is 0 Å². The molecule has 78 valence electrons. The second kappa shape index (κ2) is 4.22. The van der Waals surface area contributed by atoms with Crippen molar-refractivity contribution in [1.82, 2.24) is 0 Å². The standard InChI is InChI=1S/C7H16NO4P/c1-3-13(11,12)5-4-7(2,8)6(9)10/h3-5,8H2,1-2H3,(H,9,10)(H,11,12)/t7-/m0/s1. The predicted molar refractivity (Wildman–Crippen MR) is 50.1 cm³/mol. The van der Waals surface area contributed by atoms with Gasteiger partial charge in [0.2, 0.25) is 0 Å². The van der Waals surface area contributed by atoms with Gasteiger partial charge in [0.25, 0.3) is 0 Å². The van der Waals surface area contributed by atoms with Gasteiger partial charge in [-0.2, -0.15) is 0 Å². The molecule has 0 aromatic heterocycles. The summed E-state index contributed by atoms with van der Waals surface area (Å²) >= 11 is 0. The van der Waals surface area contributed by atoms with Gasteiger partial charge in [0.05, 0.1) is 0 Å².